The molecule has 1 saturated heterocycles. The van der Waals surface area contributed by atoms with E-state index in [1.165, 1.54) is 6.42 Å². The first-order valence-corrected chi connectivity index (χ1v) is 10.3. The van der Waals surface area contributed by atoms with Gasteiger partial charge in [-0.05, 0) is 50.6 Å². The predicted octanol–water partition coefficient (Wildman–Crippen LogP) is 4.00. The number of piperidine rings is 1. The van der Waals surface area contributed by atoms with Crippen molar-refractivity contribution < 1.29 is 8.42 Å². The maximum absolute atomic E-state index is 12.9. The van der Waals surface area contributed by atoms with Crippen molar-refractivity contribution in [1.29, 1.82) is 0 Å². The highest BCUT2D eigenvalue weighted by Gasteiger charge is 2.28. The van der Waals surface area contributed by atoms with E-state index in [0.29, 0.717) is 4.90 Å². The zero-order chi connectivity index (χ0) is 17.0. The van der Waals surface area contributed by atoms with Crippen molar-refractivity contribution in [2.75, 3.05) is 18.8 Å². The molecule has 0 radical (unpaired) electrons. The second-order valence-electron chi connectivity index (χ2n) is 6.62. The average molecular weight is 343 g/mol. The highest BCUT2D eigenvalue weighted by atomic mass is 32.2. The minimum Gasteiger partial charge on any atom is -0.295 e. The van der Waals surface area contributed by atoms with Gasteiger partial charge in [0.25, 0.3) is 0 Å². The van der Waals surface area contributed by atoms with Crippen molar-refractivity contribution in [2.45, 2.75) is 37.1 Å². The van der Waals surface area contributed by atoms with Gasteiger partial charge in [-0.2, -0.15) is 0 Å². The van der Waals surface area contributed by atoms with Crippen molar-refractivity contribution in [1.82, 2.24) is 4.90 Å². The first kappa shape index (κ1) is 17.2. The van der Waals surface area contributed by atoms with Crippen LogP contribution in [0, 0.1) is 6.92 Å². The molecule has 1 fully saturated rings. The number of benzene rings is 2. The summed E-state index contributed by atoms with van der Waals surface area (Å²) in [7, 11) is -3.32. The Morgan fingerprint density at radius 3 is 2.17 bits per heavy atom. The van der Waals surface area contributed by atoms with E-state index in [4.69, 9.17) is 0 Å². The Balaban J connectivity index is 1.89. The van der Waals surface area contributed by atoms with Gasteiger partial charge < -0.3 is 0 Å². The van der Waals surface area contributed by atoms with E-state index in [1.807, 2.05) is 49.4 Å². The summed E-state index contributed by atoms with van der Waals surface area (Å²) in [6, 6.07) is 17.2. The van der Waals surface area contributed by atoms with E-state index in [-0.39, 0.29) is 11.8 Å². The van der Waals surface area contributed by atoms with Gasteiger partial charge in [0.05, 0.1) is 10.6 Å². The molecular formula is C20H25NO2S. The molecule has 128 valence electrons. The molecule has 2 aromatic carbocycles. The fourth-order valence-electron chi connectivity index (χ4n) is 3.37. The molecular weight excluding hydrogens is 318 g/mol. The molecule has 0 spiro atoms. The Morgan fingerprint density at radius 2 is 1.54 bits per heavy atom. The molecule has 24 heavy (non-hydrogen) atoms. The Morgan fingerprint density at radius 1 is 0.917 bits per heavy atom. The highest BCUT2D eigenvalue weighted by Crippen LogP contribution is 2.28. The van der Waals surface area contributed by atoms with Gasteiger partial charge in [-0.25, -0.2) is 8.42 Å². The Bertz CT molecular complexity index is 748. The fraction of sp³-hybridized carbons (Fsp3) is 0.400. The SMILES string of the molecule is Cc1ccc(S(=O)(=O)C[C@H](c2ccccc2)N2CCCCC2)cc1. The Kier molecular flexibility index (Phi) is 5.36. The Hall–Kier alpha value is -1.65. The minimum atomic E-state index is -3.32. The first-order valence-electron chi connectivity index (χ1n) is 8.65. The summed E-state index contributed by atoms with van der Waals surface area (Å²) >= 11 is 0. The second-order valence-corrected chi connectivity index (χ2v) is 8.65. The lowest BCUT2D eigenvalue weighted by atomic mass is 10.0. The van der Waals surface area contributed by atoms with Gasteiger partial charge in [0, 0.05) is 6.04 Å². The molecule has 0 amide bonds. The largest absolute Gasteiger partial charge is 0.295 e. The third-order valence-electron chi connectivity index (χ3n) is 4.77. The minimum absolute atomic E-state index is 0.0715. The third kappa shape index (κ3) is 4.05. The summed E-state index contributed by atoms with van der Waals surface area (Å²) < 4.78 is 25.9. The topological polar surface area (TPSA) is 37.4 Å². The van der Waals surface area contributed by atoms with Gasteiger partial charge in [-0.15, -0.1) is 0 Å². The van der Waals surface area contributed by atoms with E-state index >= 15 is 0 Å². The van der Waals surface area contributed by atoms with Crippen LogP contribution < -0.4 is 0 Å². The van der Waals surface area contributed by atoms with Gasteiger partial charge >= 0.3 is 0 Å². The van der Waals surface area contributed by atoms with Crippen LogP contribution >= 0.6 is 0 Å². The van der Waals surface area contributed by atoms with Crippen molar-refractivity contribution in [2.24, 2.45) is 0 Å². The van der Waals surface area contributed by atoms with E-state index in [0.717, 1.165) is 37.1 Å². The molecule has 4 heteroatoms. The number of nitrogens with zero attached hydrogens (tertiary/aromatic N) is 1. The molecule has 3 nitrogen and oxygen atoms in total. The number of likely N-dealkylation sites (tertiary alicyclic amines) is 1. The van der Waals surface area contributed by atoms with Crippen molar-refractivity contribution in [3.05, 3.63) is 65.7 Å². The molecule has 0 unspecified atom stereocenters. The van der Waals surface area contributed by atoms with E-state index in [9.17, 15) is 8.42 Å². The molecule has 0 aliphatic carbocycles. The molecule has 0 saturated carbocycles. The van der Waals surface area contributed by atoms with E-state index in [2.05, 4.69) is 4.90 Å². The average Bonchev–Trinajstić information content (AvgIpc) is 2.62. The normalized spacial score (nSPS) is 17.5. The molecule has 1 aliphatic rings. The molecule has 0 bridgehead atoms. The molecule has 1 atom stereocenters. The lowest BCUT2D eigenvalue weighted by molar-refractivity contribution is 0.176. The first-order chi connectivity index (χ1) is 11.6. The maximum Gasteiger partial charge on any atom is 0.180 e. The monoisotopic (exact) mass is 343 g/mol. The molecule has 1 heterocycles. The summed E-state index contributed by atoms with van der Waals surface area (Å²) in [6.07, 6.45) is 3.53. The molecule has 2 aromatic rings. The van der Waals surface area contributed by atoms with Gasteiger partial charge in [0.1, 0.15) is 0 Å². The quantitative estimate of drug-likeness (QED) is 0.823. The van der Waals surface area contributed by atoms with Crippen LogP contribution in [0.4, 0.5) is 0 Å². The summed E-state index contributed by atoms with van der Waals surface area (Å²) in [5, 5.41) is 0. The van der Waals surface area contributed by atoms with Crippen LogP contribution in [0.5, 0.6) is 0 Å². The van der Waals surface area contributed by atoms with Crippen molar-refractivity contribution >= 4 is 9.84 Å². The van der Waals surface area contributed by atoms with Crippen LogP contribution in [0.3, 0.4) is 0 Å². The van der Waals surface area contributed by atoms with Gasteiger partial charge in [0.2, 0.25) is 0 Å². The van der Waals surface area contributed by atoms with Crippen LogP contribution in [-0.2, 0) is 9.84 Å². The smallest absolute Gasteiger partial charge is 0.180 e. The zero-order valence-electron chi connectivity index (χ0n) is 14.2. The maximum atomic E-state index is 12.9. The third-order valence-corrected chi connectivity index (χ3v) is 6.52. The predicted molar refractivity (Wildman–Crippen MR) is 97.8 cm³/mol. The van der Waals surface area contributed by atoms with Gasteiger partial charge in [-0.1, -0.05) is 54.4 Å². The van der Waals surface area contributed by atoms with Crippen LogP contribution in [0.25, 0.3) is 0 Å². The number of hydrogen-bond acceptors (Lipinski definition) is 3. The fourth-order valence-corrected chi connectivity index (χ4v) is 4.93. The zero-order valence-corrected chi connectivity index (χ0v) is 15.0. The van der Waals surface area contributed by atoms with Crippen molar-refractivity contribution in [3.8, 4) is 0 Å². The van der Waals surface area contributed by atoms with Crippen molar-refractivity contribution in [3.63, 3.8) is 0 Å². The lowest BCUT2D eigenvalue weighted by Gasteiger charge is -2.34. The number of rotatable bonds is 5. The van der Waals surface area contributed by atoms with E-state index in [1.54, 1.807) is 12.1 Å². The lowest BCUT2D eigenvalue weighted by Crippen LogP contribution is -2.37. The van der Waals surface area contributed by atoms with Crippen LogP contribution in [0.15, 0.2) is 59.5 Å². The van der Waals surface area contributed by atoms with Gasteiger partial charge in [0.15, 0.2) is 9.84 Å². The number of hydrogen-bond donors (Lipinski definition) is 0. The number of sulfone groups is 1. The van der Waals surface area contributed by atoms with Gasteiger partial charge in [-0.3, -0.25) is 4.90 Å². The summed E-state index contributed by atoms with van der Waals surface area (Å²) in [6.45, 7) is 3.92. The van der Waals surface area contributed by atoms with E-state index < -0.39 is 9.84 Å². The molecule has 3 rings (SSSR count). The highest BCUT2D eigenvalue weighted by molar-refractivity contribution is 7.91. The number of aryl methyl sites for hydroxylation is 1. The summed E-state index contributed by atoms with van der Waals surface area (Å²) in [5.41, 5.74) is 2.17. The van der Waals surface area contributed by atoms with Crippen LogP contribution in [-0.4, -0.2) is 32.2 Å². The van der Waals surface area contributed by atoms with Crippen LogP contribution in [0.2, 0.25) is 0 Å². The molecule has 0 aromatic heterocycles. The summed E-state index contributed by atoms with van der Waals surface area (Å²) in [4.78, 5) is 2.76. The Labute approximate surface area is 145 Å². The second kappa shape index (κ2) is 7.49. The standard InChI is InChI=1S/C20H25NO2S/c1-17-10-12-19(13-11-17)24(22,23)16-20(18-8-4-2-5-9-18)21-14-6-3-7-15-21/h2,4-5,8-13,20H,3,6-7,14-16H2,1H3/t20-/m1/s1. The molecule has 0 N–H and O–H groups in total. The molecule has 1 aliphatic heterocycles. The van der Waals surface area contributed by atoms with Crippen LogP contribution in [0.1, 0.15) is 36.4 Å². The summed E-state index contributed by atoms with van der Waals surface area (Å²) in [5.74, 6) is 0.139.